The van der Waals surface area contributed by atoms with E-state index in [0.29, 0.717) is 12.1 Å². The van der Waals surface area contributed by atoms with Crippen LogP contribution in [0.25, 0.3) is 0 Å². The molecule has 0 spiro atoms. The van der Waals surface area contributed by atoms with E-state index in [1.54, 1.807) is 13.4 Å². The molecule has 0 aliphatic heterocycles. The number of rotatable bonds is 9. The predicted molar refractivity (Wildman–Crippen MR) is 78.1 cm³/mol. The summed E-state index contributed by atoms with van der Waals surface area (Å²) in [6.07, 6.45) is 1.78. The van der Waals surface area contributed by atoms with Gasteiger partial charge in [0, 0.05) is 31.3 Å². The summed E-state index contributed by atoms with van der Waals surface area (Å²) >= 11 is 0. The van der Waals surface area contributed by atoms with Gasteiger partial charge in [-0.3, -0.25) is 4.90 Å². The first-order valence-corrected chi connectivity index (χ1v) is 7.10. The summed E-state index contributed by atoms with van der Waals surface area (Å²) in [6, 6.07) is 2.95. The van der Waals surface area contributed by atoms with Crippen molar-refractivity contribution in [2.45, 2.75) is 52.9 Å². The number of ether oxygens (including phenoxy) is 1. The summed E-state index contributed by atoms with van der Waals surface area (Å²) in [4.78, 5) is 2.40. The molecule has 1 rings (SSSR count). The maximum absolute atomic E-state index is 5.58. The molecular formula is C15H28N2O2. The molecule has 4 heteroatoms. The van der Waals surface area contributed by atoms with E-state index < -0.39 is 0 Å². The van der Waals surface area contributed by atoms with Crippen LogP contribution in [-0.2, 0) is 17.8 Å². The molecule has 1 aromatic rings. The lowest BCUT2D eigenvalue weighted by Gasteiger charge is -2.27. The van der Waals surface area contributed by atoms with E-state index in [1.165, 1.54) is 5.56 Å². The number of methoxy groups -OCH3 is 1. The Hall–Kier alpha value is -0.840. The molecule has 0 fully saturated rings. The number of nitrogens with one attached hydrogen (secondary N) is 1. The molecule has 0 amide bonds. The zero-order valence-electron chi connectivity index (χ0n) is 12.9. The Morgan fingerprint density at radius 2 is 2.11 bits per heavy atom. The minimum atomic E-state index is 0.413. The molecule has 19 heavy (non-hydrogen) atoms. The summed E-state index contributed by atoms with van der Waals surface area (Å²) in [7, 11) is 1.75. The van der Waals surface area contributed by atoms with Gasteiger partial charge < -0.3 is 14.5 Å². The lowest BCUT2D eigenvalue weighted by molar-refractivity contribution is 0.0978. The minimum Gasteiger partial charge on any atom is -0.468 e. The van der Waals surface area contributed by atoms with E-state index in [1.807, 2.05) is 0 Å². The Morgan fingerprint density at radius 1 is 1.37 bits per heavy atom. The van der Waals surface area contributed by atoms with Gasteiger partial charge in [-0.05, 0) is 19.5 Å². The molecule has 1 atom stereocenters. The third-order valence-electron chi connectivity index (χ3n) is 3.32. The molecule has 1 aromatic heterocycles. The monoisotopic (exact) mass is 268 g/mol. The van der Waals surface area contributed by atoms with Crippen molar-refractivity contribution in [1.29, 1.82) is 0 Å². The highest BCUT2D eigenvalue weighted by atomic mass is 16.5. The van der Waals surface area contributed by atoms with Crippen LogP contribution in [0.15, 0.2) is 16.7 Å². The van der Waals surface area contributed by atoms with Gasteiger partial charge in [-0.15, -0.1) is 0 Å². The molecule has 0 saturated heterocycles. The Balaban J connectivity index is 2.61. The molecule has 1 N–H and O–H groups in total. The number of likely N-dealkylation sites (N-methyl/N-ethyl adjacent to an activating group) is 1. The zero-order chi connectivity index (χ0) is 14.3. The molecule has 110 valence electrons. The fourth-order valence-corrected chi connectivity index (χ4v) is 2.10. The molecule has 1 unspecified atom stereocenters. The first kappa shape index (κ1) is 16.2. The van der Waals surface area contributed by atoms with Crippen LogP contribution in [-0.4, -0.2) is 37.2 Å². The average molecular weight is 268 g/mol. The Morgan fingerprint density at radius 3 is 2.68 bits per heavy atom. The van der Waals surface area contributed by atoms with Crippen LogP contribution in [0.3, 0.4) is 0 Å². The SMILES string of the molecule is CCN(Cc1ccoc1CNC(C)C)C(C)COC. The minimum absolute atomic E-state index is 0.413. The summed E-state index contributed by atoms with van der Waals surface area (Å²) in [5.41, 5.74) is 1.26. The zero-order valence-corrected chi connectivity index (χ0v) is 12.9. The number of hydrogen-bond donors (Lipinski definition) is 1. The van der Waals surface area contributed by atoms with Gasteiger partial charge in [0.2, 0.25) is 0 Å². The summed E-state index contributed by atoms with van der Waals surface area (Å²) in [6.45, 7) is 12.1. The van der Waals surface area contributed by atoms with E-state index in [-0.39, 0.29) is 0 Å². The Labute approximate surface area is 117 Å². The van der Waals surface area contributed by atoms with Crippen molar-refractivity contribution in [3.05, 3.63) is 23.7 Å². The Bertz CT molecular complexity index is 350. The smallest absolute Gasteiger partial charge is 0.122 e. The van der Waals surface area contributed by atoms with Gasteiger partial charge in [0.15, 0.2) is 0 Å². The highest BCUT2D eigenvalue weighted by molar-refractivity contribution is 5.17. The molecule has 0 bridgehead atoms. The molecule has 0 radical (unpaired) electrons. The molecule has 1 heterocycles. The van der Waals surface area contributed by atoms with Gasteiger partial charge in [0.1, 0.15) is 5.76 Å². The van der Waals surface area contributed by atoms with Crippen molar-refractivity contribution in [3.63, 3.8) is 0 Å². The van der Waals surface area contributed by atoms with Crippen molar-refractivity contribution in [1.82, 2.24) is 10.2 Å². The highest BCUT2D eigenvalue weighted by Gasteiger charge is 2.15. The predicted octanol–water partition coefficient (Wildman–Crippen LogP) is 2.63. The molecule has 0 aromatic carbocycles. The van der Waals surface area contributed by atoms with E-state index in [2.05, 4.69) is 44.0 Å². The molecule has 0 aliphatic rings. The number of hydrogen-bond acceptors (Lipinski definition) is 4. The van der Waals surface area contributed by atoms with Crippen LogP contribution in [0.2, 0.25) is 0 Å². The van der Waals surface area contributed by atoms with Crippen LogP contribution >= 0.6 is 0 Å². The normalized spacial score (nSPS) is 13.4. The topological polar surface area (TPSA) is 37.6 Å². The molecule has 0 saturated carbocycles. The van der Waals surface area contributed by atoms with Gasteiger partial charge in [-0.1, -0.05) is 20.8 Å². The highest BCUT2D eigenvalue weighted by Crippen LogP contribution is 2.15. The second kappa shape index (κ2) is 8.35. The fraction of sp³-hybridized carbons (Fsp3) is 0.733. The van der Waals surface area contributed by atoms with E-state index in [9.17, 15) is 0 Å². The standard InChI is InChI=1S/C15H28N2O2/c1-6-17(13(4)11-18-5)10-14-7-8-19-15(14)9-16-12(2)3/h7-8,12-13,16H,6,9-11H2,1-5H3. The van der Waals surface area contributed by atoms with Crippen LogP contribution < -0.4 is 5.32 Å². The summed E-state index contributed by atoms with van der Waals surface area (Å²) < 4.78 is 10.8. The number of furan rings is 1. The third kappa shape index (κ3) is 5.35. The number of nitrogens with zero attached hydrogens (tertiary/aromatic N) is 1. The van der Waals surface area contributed by atoms with E-state index >= 15 is 0 Å². The van der Waals surface area contributed by atoms with Crippen LogP contribution in [0.5, 0.6) is 0 Å². The summed E-state index contributed by atoms with van der Waals surface area (Å²) in [5.74, 6) is 1.04. The maximum Gasteiger partial charge on any atom is 0.122 e. The molecular weight excluding hydrogens is 240 g/mol. The van der Waals surface area contributed by atoms with Crippen LogP contribution in [0, 0.1) is 0 Å². The molecule has 0 aliphatic carbocycles. The Kier molecular flexibility index (Phi) is 7.13. The average Bonchev–Trinajstić information content (AvgIpc) is 2.80. The van der Waals surface area contributed by atoms with Gasteiger partial charge in [-0.2, -0.15) is 0 Å². The van der Waals surface area contributed by atoms with E-state index in [4.69, 9.17) is 9.15 Å². The second-order valence-electron chi connectivity index (χ2n) is 5.27. The van der Waals surface area contributed by atoms with Gasteiger partial charge in [0.25, 0.3) is 0 Å². The summed E-state index contributed by atoms with van der Waals surface area (Å²) in [5, 5.41) is 3.40. The van der Waals surface area contributed by atoms with Crippen molar-refractivity contribution >= 4 is 0 Å². The van der Waals surface area contributed by atoms with E-state index in [0.717, 1.165) is 32.0 Å². The lowest BCUT2D eigenvalue weighted by Crippen LogP contribution is -2.35. The largest absolute Gasteiger partial charge is 0.468 e. The van der Waals surface area contributed by atoms with Crippen LogP contribution in [0.4, 0.5) is 0 Å². The first-order valence-electron chi connectivity index (χ1n) is 7.10. The van der Waals surface area contributed by atoms with Crippen LogP contribution in [0.1, 0.15) is 39.0 Å². The fourth-order valence-electron chi connectivity index (χ4n) is 2.10. The maximum atomic E-state index is 5.58. The van der Waals surface area contributed by atoms with Gasteiger partial charge >= 0.3 is 0 Å². The third-order valence-corrected chi connectivity index (χ3v) is 3.32. The van der Waals surface area contributed by atoms with Gasteiger partial charge in [0.05, 0.1) is 19.4 Å². The van der Waals surface area contributed by atoms with Crippen molar-refractivity contribution in [2.24, 2.45) is 0 Å². The van der Waals surface area contributed by atoms with Crippen molar-refractivity contribution in [2.75, 3.05) is 20.3 Å². The lowest BCUT2D eigenvalue weighted by atomic mass is 10.2. The van der Waals surface area contributed by atoms with Gasteiger partial charge in [-0.25, -0.2) is 0 Å². The van der Waals surface area contributed by atoms with Crippen molar-refractivity contribution in [3.8, 4) is 0 Å². The molecule has 4 nitrogen and oxygen atoms in total. The quantitative estimate of drug-likeness (QED) is 0.747. The second-order valence-corrected chi connectivity index (χ2v) is 5.27. The van der Waals surface area contributed by atoms with Crippen molar-refractivity contribution < 1.29 is 9.15 Å². The first-order chi connectivity index (χ1) is 9.08.